The van der Waals surface area contributed by atoms with Gasteiger partial charge in [0.15, 0.2) is 0 Å². The van der Waals surface area contributed by atoms with Gasteiger partial charge in [-0.3, -0.25) is 0 Å². The van der Waals surface area contributed by atoms with Gasteiger partial charge in [-0.25, -0.2) is 0 Å². The van der Waals surface area contributed by atoms with Gasteiger partial charge in [-0.2, -0.15) is 0 Å². The molecule has 0 radical (unpaired) electrons. The fraction of sp³-hybridized carbons (Fsp3) is 0.0526. The van der Waals surface area contributed by atoms with Gasteiger partial charge in [0, 0.05) is 58.8 Å². The second kappa shape index (κ2) is 12.4. The molecular formula is C57H38N2S. The first-order valence-corrected chi connectivity index (χ1v) is 21.7. The molecule has 0 saturated heterocycles. The third kappa shape index (κ3) is 4.64. The van der Waals surface area contributed by atoms with Crippen LogP contribution in [0.5, 0.6) is 0 Å². The van der Waals surface area contributed by atoms with Crippen LogP contribution in [-0.4, -0.2) is 4.40 Å². The van der Waals surface area contributed by atoms with E-state index in [-0.39, 0.29) is 5.41 Å². The van der Waals surface area contributed by atoms with Crippen LogP contribution in [0.3, 0.4) is 0 Å². The van der Waals surface area contributed by atoms with Crippen molar-refractivity contribution in [3.63, 3.8) is 0 Å². The SMILES string of the molecule is CC1(C)c2ccccc2-c2ccc(N(c3ccc(-c4ccccc4)cc3)c3ccc4c(c3)c3ccc5sc6cccc7c8ccccc8c8ccccc8n4c3c5c67)cc21. The molecule has 60 heavy (non-hydrogen) atoms. The van der Waals surface area contributed by atoms with Gasteiger partial charge in [0.1, 0.15) is 0 Å². The summed E-state index contributed by atoms with van der Waals surface area (Å²) in [7, 11) is 0. The van der Waals surface area contributed by atoms with E-state index >= 15 is 0 Å². The quantitative estimate of drug-likeness (QED) is 0.173. The standard InChI is InChI=1S/C57H38N2S/c1-57(2)48-20-10-8-17-42(48)43-29-27-39(34-49(43)57)58(37-25-23-36(24-26-37)35-13-4-3-5-14-35)38-28-31-51-47(33-38)46-30-32-53-55-54-45(19-12-22-52(54)60-53)41-16-7-6-15-40(41)44-18-9-11-21-50(44)59(51)56(46)55/h3-34H,1-2H3. The summed E-state index contributed by atoms with van der Waals surface area (Å²) in [5, 5.41) is 10.2. The van der Waals surface area contributed by atoms with E-state index in [0.29, 0.717) is 0 Å². The van der Waals surface area contributed by atoms with Crippen LogP contribution in [0.15, 0.2) is 194 Å². The van der Waals surface area contributed by atoms with Gasteiger partial charge in [-0.1, -0.05) is 147 Å². The molecule has 1 aliphatic rings. The molecule has 0 saturated carbocycles. The maximum atomic E-state index is 2.56. The highest BCUT2D eigenvalue weighted by Gasteiger charge is 2.36. The topological polar surface area (TPSA) is 7.65 Å². The van der Waals surface area contributed by atoms with E-state index in [0.717, 1.165) is 17.1 Å². The smallest absolute Gasteiger partial charge is 0.0634 e. The summed E-state index contributed by atoms with van der Waals surface area (Å²) in [6, 6.07) is 72.4. The molecule has 1 aliphatic carbocycles. The van der Waals surface area contributed by atoms with E-state index in [1.165, 1.54) is 102 Å². The molecule has 13 rings (SSSR count). The van der Waals surface area contributed by atoms with Crippen molar-refractivity contribution in [2.75, 3.05) is 4.90 Å². The molecule has 0 bridgehead atoms. The maximum Gasteiger partial charge on any atom is 0.0634 e. The van der Waals surface area contributed by atoms with Crippen molar-refractivity contribution in [3.8, 4) is 22.3 Å². The lowest BCUT2D eigenvalue weighted by molar-refractivity contribution is 0.660. The van der Waals surface area contributed by atoms with Gasteiger partial charge in [-0.05, 0) is 110 Å². The third-order valence-corrected chi connectivity index (χ3v) is 14.5. The first-order chi connectivity index (χ1) is 29.5. The number of hydrogen-bond acceptors (Lipinski definition) is 2. The van der Waals surface area contributed by atoms with Crippen LogP contribution in [0.25, 0.3) is 91.3 Å². The summed E-state index contributed by atoms with van der Waals surface area (Å²) in [5.74, 6) is 0. The van der Waals surface area contributed by atoms with E-state index < -0.39 is 0 Å². The van der Waals surface area contributed by atoms with Crippen LogP contribution in [0.2, 0.25) is 0 Å². The van der Waals surface area contributed by atoms with Gasteiger partial charge in [-0.15, -0.1) is 11.3 Å². The van der Waals surface area contributed by atoms with Crippen molar-refractivity contribution in [2.45, 2.75) is 19.3 Å². The van der Waals surface area contributed by atoms with Crippen molar-refractivity contribution < 1.29 is 0 Å². The summed E-state index contributed by atoms with van der Waals surface area (Å²) in [6.45, 7) is 4.74. The minimum absolute atomic E-state index is 0.118. The van der Waals surface area contributed by atoms with Gasteiger partial charge in [0.25, 0.3) is 0 Å². The van der Waals surface area contributed by atoms with E-state index in [1.54, 1.807) is 0 Å². The molecule has 2 nitrogen and oxygen atoms in total. The molecular weight excluding hydrogens is 745 g/mol. The normalized spacial score (nSPS) is 13.3. The Bertz CT molecular complexity index is 3720. The van der Waals surface area contributed by atoms with Gasteiger partial charge in [0.05, 0.1) is 16.6 Å². The van der Waals surface area contributed by atoms with Gasteiger partial charge in [0.2, 0.25) is 0 Å². The van der Waals surface area contributed by atoms with Crippen LogP contribution < -0.4 is 4.90 Å². The zero-order valence-corrected chi connectivity index (χ0v) is 34.1. The molecule has 0 amide bonds. The predicted octanol–water partition coefficient (Wildman–Crippen LogP) is 16.4. The summed E-state index contributed by atoms with van der Waals surface area (Å²) in [4.78, 5) is 2.46. The second-order valence-electron chi connectivity index (χ2n) is 16.9. The first-order valence-electron chi connectivity index (χ1n) is 20.8. The van der Waals surface area contributed by atoms with Crippen molar-refractivity contribution in [1.82, 2.24) is 4.40 Å². The Hall–Kier alpha value is -7.20. The Balaban J connectivity index is 1.12. The summed E-state index contributed by atoms with van der Waals surface area (Å²) in [5.41, 5.74) is 14.8. The molecule has 0 N–H and O–H groups in total. The van der Waals surface area contributed by atoms with Crippen LogP contribution in [-0.2, 0) is 5.41 Å². The predicted molar refractivity (Wildman–Crippen MR) is 258 cm³/mol. The van der Waals surface area contributed by atoms with E-state index in [9.17, 15) is 0 Å². The molecule has 0 unspecified atom stereocenters. The number of rotatable bonds is 4. The van der Waals surface area contributed by atoms with Gasteiger partial charge < -0.3 is 9.30 Å². The highest BCUT2D eigenvalue weighted by Crippen LogP contribution is 2.52. The fourth-order valence-corrected chi connectivity index (χ4v) is 11.7. The first kappa shape index (κ1) is 33.7. The Kier molecular flexibility index (Phi) is 6.98. The van der Waals surface area contributed by atoms with Crippen LogP contribution in [0, 0.1) is 0 Å². The lowest BCUT2D eigenvalue weighted by atomic mass is 9.82. The van der Waals surface area contributed by atoms with Crippen LogP contribution in [0.4, 0.5) is 17.1 Å². The second-order valence-corrected chi connectivity index (χ2v) is 17.9. The molecule has 282 valence electrons. The average molecular weight is 783 g/mol. The van der Waals surface area contributed by atoms with Crippen molar-refractivity contribution in [2.24, 2.45) is 0 Å². The van der Waals surface area contributed by atoms with E-state index in [2.05, 4.69) is 217 Å². The highest BCUT2D eigenvalue weighted by molar-refractivity contribution is 7.26. The number of thiophene rings is 1. The molecule has 3 heteroatoms. The molecule has 0 aliphatic heterocycles. The number of anilines is 3. The molecule has 12 aromatic rings. The Labute approximate surface area is 351 Å². The number of hydrogen-bond donors (Lipinski definition) is 0. The lowest BCUT2D eigenvalue weighted by Crippen LogP contribution is -2.16. The minimum atomic E-state index is -0.118. The number of benzene rings is 9. The highest BCUT2D eigenvalue weighted by atomic mass is 32.1. The monoisotopic (exact) mass is 782 g/mol. The average Bonchev–Trinajstić information content (AvgIpc) is 3.93. The van der Waals surface area contributed by atoms with Crippen molar-refractivity contribution in [3.05, 3.63) is 205 Å². The van der Waals surface area contributed by atoms with Crippen LogP contribution >= 0.6 is 11.3 Å². The number of nitrogens with zero attached hydrogens (tertiary/aromatic N) is 2. The zero-order chi connectivity index (χ0) is 39.7. The molecule has 9 aromatic carbocycles. The Morgan fingerprint density at radius 2 is 1.02 bits per heavy atom. The maximum absolute atomic E-state index is 2.56. The van der Waals surface area contributed by atoms with Crippen LogP contribution in [0.1, 0.15) is 25.0 Å². The molecule has 0 fully saturated rings. The number of aromatic nitrogens is 1. The molecule has 3 aromatic heterocycles. The lowest BCUT2D eigenvalue weighted by Gasteiger charge is -2.28. The summed E-state index contributed by atoms with van der Waals surface area (Å²) >= 11 is 1.90. The largest absolute Gasteiger partial charge is 0.310 e. The van der Waals surface area contributed by atoms with Crippen molar-refractivity contribution >= 4 is 97.4 Å². The van der Waals surface area contributed by atoms with E-state index in [4.69, 9.17) is 0 Å². The van der Waals surface area contributed by atoms with Crippen molar-refractivity contribution in [1.29, 1.82) is 0 Å². The Morgan fingerprint density at radius 3 is 1.87 bits per heavy atom. The Morgan fingerprint density at radius 1 is 0.400 bits per heavy atom. The fourth-order valence-electron chi connectivity index (χ4n) is 10.6. The molecule has 0 spiro atoms. The van der Waals surface area contributed by atoms with Gasteiger partial charge >= 0.3 is 0 Å². The number of para-hydroxylation sites is 1. The minimum Gasteiger partial charge on any atom is -0.310 e. The third-order valence-electron chi connectivity index (χ3n) is 13.3. The number of fused-ring (bicyclic) bond motifs is 11. The zero-order valence-electron chi connectivity index (χ0n) is 33.3. The molecule has 3 heterocycles. The van der Waals surface area contributed by atoms with E-state index in [1.807, 2.05) is 11.3 Å². The summed E-state index contributed by atoms with van der Waals surface area (Å²) < 4.78 is 5.19. The summed E-state index contributed by atoms with van der Waals surface area (Å²) in [6.07, 6.45) is 0. The molecule has 0 atom stereocenters.